The molecule has 88 valence electrons. The summed E-state index contributed by atoms with van der Waals surface area (Å²) in [6.07, 6.45) is 3.20. The first-order valence-corrected chi connectivity index (χ1v) is 6.74. The average Bonchev–Trinajstić information content (AvgIpc) is 2.31. The summed E-state index contributed by atoms with van der Waals surface area (Å²) in [6, 6.07) is 3.44. The summed E-state index contributed by atoms with van der Waals surface area (Å²) < 4.78 is 30.6. The minimum absolute atomic E-state index is 0.0372. The molecule has 6 heteroatoms. The molecule has 0 N–H and O–H groups in total. The van der Waals surface area contributed by atoms with E-state index in [0.29, 0.717) is 26.3 Å². The molecule has 0 bridgehead atoms. The lowest BCUT2D eigenvalue weighted by Gasteiger charge is -2.25. The Balaban J connectivity index is 2.08. The van der Waals surface area contributed by atoms with Crippen molar-refractivity contribution < 1.29 is 13.2 Å². The van der Waals surface area contributed by atoms with Crippen molar-refractivity contribution in [3.05, 3.63) is 30.1 Å². The van der Waals surface area contributed by atoms with Gasteiger partial charge in [-0.3, -0.25) is 4.98 Å². The fraction of sp³-hybridized carbons (Fsp3) is 0.500. The molecular weight excluding hydrogens is 228 g/mol. The van der Waals surface area contributed by atoms with Gasteiger partial charge >= 0.3 is 0 Å². The van der Waals surface area contributed by atoms with E-state index < -0.39 is 10.0 Å². The zero-order valence-corrected chi connectivity index (χ0v) is 9.69. The van der Waals surface area contributed by atoms with Gasteiger partial charge in [-0.2, -0.15) is 4.31 Å². The largest absolute Gasteiger partial charge is 0.379 e. The van der Waals surface area contributed by atoms with Crippen molar-refractivity contribution in [3.63, 3.8) is 0 Å². The molecule has 1 aromatic rings. The third-order valence-electron chi connectivity index (χ3n) is 2.46. The van der Waals surface area contributed by atoms with E-state index in [4.69, 9.17) is 4.74 Å². The molecule has 1 fully saturated rings. The Morgan fingerprint density at radius 2 is 1.88 bits per heavy atom. The van der Waals surface area contributed by atoms with Crippen LogP contribution in [0.15, 0.2) is 24.5 Å². The maximum absolute atomic E-state index is 12.0. The van der Waals surface area contributed by atoms with Crippen LogP contribution >= 0.6 is 0 Å². The molecule has 1 aromatic heterocycles. The number of morpholine rings is 1. The van der Waals surface area contributed by atoms with Gasteiger partial charge in [-0.1, -0.05) is 0 Å². The molecule has 0 aliphatic carbocycles. The van der Waals surface area contributed by atoms with Crippen molar-refractivity contribution >= 4 is 10.0 Å². The number of ether oxygens (including phenoxy) is 1. The van der Waals surface area contributed by atoms with E-state index in [1.807, 2.05) is 0 Å². The van der Waals surface area contributed by atoms with Crippen molar-refractivity contribution in [1.29, 1.82) is 0 Å². The van der Waals surface area contributed by atoms with Crippen LogP contribution in [0.2, 0.25) is 0 Å². The van der Waals surface area contributed by atoms with Crippen molar-refractivity contribution in [1.82, 2.24) is 9.29 Å². The van der Waals surface area contributed by atoms with Crippen molar-refractivity contribution in [2.24, 2.45) is 0 Å². The zero-order valence-electron chi connectivity index (χ0n) is 8.87. The molecule has 16 heavy (non-hydrogen) atoms. The molecule has 2 heterocycles. The minimum Gasteiger partial charge on any atom is -0.379 e. The Morgan fingerprint density at radius 3 is 2.50 bits per heavy atom. The van der Waals surface area contributed by atoms with Crippen LogP contribution in [0.5, 0.6) is 0 Å². The molecule has 0 amide bonds. The summed E-state index contributed by atoms with van der Waals surface area (Å²) in [5, 5.41) is 0. The molecule has 0 unspecified atom stereocenters. The summed E-state index contributed by atoms with van der Waals surface area (Å²) in [7, 11) is -3.21. The molecule has 1 aliphatic rings. The van der Waals surface area contributed by atoms with Crippen LogP contribution < -0.4 is 0 Å². The average molecular weight is 242 g/mol. The highest BCUT2D eigenvalue weighted by molar-refractivity contribution is 7.88. The van der Waals surface area contributed by atoms with Crippen LogP contribution in [0, 0.1) is 0 Å². The molecule has 1 aliphatic heterocycles. The van der Waals surface area contributed by atoms with Gasteiger partial charge in [0.05, 0.1) is 19.0 Å². The molecule has 2 rings (SSSR count). The van der Waals surface area contributed by atoms with Crippen LogP contribution in [0.25, 0.3) is 0 Å². The van der Waals surface area contributed by atoms with Gasteiger partial charge in [0.1, 0.15) is 0 Å². The van der Waals surface area contributed by atoms with Crippen molar-refractivity contribution in [2.75, 3.05) is 26.3 Å². The highest BCUT2D eigenvalue weighted by Gasteiger charge is 2.24. The van der Waals surface area contributed by atoms with Gasteiger partial charge in [-0.25, -0.2) is 8.42 Å². The highest BCUT2D eigenvalue weighted by atomic mass is 32.2. The highest BCUT2D eigenvalue weighted by Crippen LogP contribution is 2.11. The van der Waals surface area contributed by atoms with Crippen LogP contribution in [0.4, 0.5) is 0 Å². The van der Waals surface area contributed by atoms with Crippen LogP contribution in [0.1, 0.15) is 5.56 Å². The SMILES string of the molecule is O=S(=O)(Cc1ccncc1)N1CCOCC1. The number of sulfonamides is 1. The van der Waals surface area contributed by atoms with Gasteiger partial charge in [-0.15, -0.1) is 0 Å². The van der Waals surface area contributed by atoms with Crippen molar-refractivity contribution in [2.45, 2.75) is 5.75 Å². The van der Waals surface area contributed by atoms with E-state index in [2.05, 4.69) is 4.98 Å². The molecule has 0 radical (unpaired) electrons. The number of pyridine rings is 1. The Bertz CT molecular complexity index is 427. The normalized spacial score (nSPS) is 18.5. The number of rotatable bonds is 3. The third kappa shape index (κ3) is 2.78. The molecule has 0 aromatic carbocycles. The lowest BCUT2D eigenvalue weighted by molar-refractivity contribution is 0.0729. The van der Waals surface area contributed by atoms with E-state index in [1.54, 1.807) is 24.5 Å². The van der Waals surface area contributed by atoms with Gasteiger partial charge in [0.2, 0.25) is 10.0 Å². The van der Waals surface area contributed by atoms with Crippen LogP contribution in [0.3, 0.4) is 0 Å². The number of aromatic nitrogens is 1. The zero-order chi connectivity index (χ0) is 11.4. The monoisotopic (exact) mass is 242 g/mol. The Labute approximate surface area is 95.1 Å². The molecule has 0 saturated carbocycles. The quantitative estimate of drug-likeness (QED) is 0.762. The summed E-state index contributed by atoms with van der Waals surface area (Å²) in [4.78, 5) is 3.86. The molecule has 5 nitrogen and oxygen atoms in total. The molecule has 0 spiro atoms. The lowest BCUT2D eigenvalue weighted by Crippen LogP contribution is -2.41. The maximum atomic E-state index is 12.0. The second kappa shape index (κ2) is 4.90. The first kappa shape index (κ1) is 11.5. The first-order chi connectivity index (χ1) is 7.68. The lowest BCUT2D eigenvalue weighted by atomic mass is 10.3. The molecular formula is C10H14N2O3S. The van der Waals surface area contributed by atoms with Crippen LogP contribution in [-0.2, 0) is 20.5 Å². The van der Waals surface area contributed by atoms with E-state index in [9.17, 15) is 8.42 Å². The van der Waals surface area contributed by atoms with Crippen molar-refractivity contribution in [3.8, 4) is 0 Å². The summed E-state index contributed by atoms with van der Waals surface area (Å²) >= 11 is 0. The van der Waals surface area contributed by atoms with Crippen LogP contribution in [-0.4, -0.2) is 44.0 Å². The van der Waals surface area contributed by atoms with Gasteiger partial charge in [0.15, 0.2) is 0 Å². The standard InChI is InChI=1S/C10H14N2O3S/c13-16(14,12-5-7-15-8-6-12)9-10-1-3-11-4-2-10/h1-4H,5-9H2. The summed E-state index contributed by atoms with van der Waals surface area (Å²) in [5.41, 5.74) is 0.765. The fourth-order valence-corrected chi connectivity index (χ4v) is 3.11. The number of hydrogen-bond acceptors (Lipinski definition) is 4. The minimum atomic E-state index is -3.21. The van der Waals surface area contributed by atoms with Gasteiger partial charge in [-0.05, 0) is 17.7 Å². The molecule has 1 saturated heterocycles. The smallest absolute Gasteiger partial charge is 0.218 e. The van der Waals surface area contributed by atoms with E-state index in [0.717, 1.165) is 5.56 Å². The summed E-state index contributed by atoms with van der Waals surface area (Å²) in [5.74, 6) is 0.0372. The first-order valence-electron chi connectivity index (χ1n) is 5.13. The summed E-state index contributed by atoms with van der Waals surface area (Å²) in [6.45, 7) is 1.87. The predicted octanol–water partition coefficient (Wildman–Crippen LogP) is 0.244. The number of nitrogens with zero attached hydrogens (tertiary/aromatic N) is 2. The van der Waals surface area contributed by atoms with E-state index in [-0.39, 0.29) is 5.75 Å². The van der Waals surface area contributed by atoms with Gasteiger partial charge in [0, 0.05) is 25.5 Å². The van der Waals surface area contributed by atoms with E-state index >= 15 is 0 Å². The Hall–Kier alpha value is -0.980. The molecule has 0 atom stereocenters. The van der Waals surface area contributed by atoms with E-state index in [1.165, 1.54) is 4.31 Å². The second-order valence-electron chi connectivity index (χ2n) is 3.62. The topological polar surface area (TPSA) is 59.5 Å². The Kier molecular flexibility index (Phi) is 3.52. The fourth-order valence-electron chi connectivity index (χ4n) is 1.61. The number of hydrogen-bond donors (Lipinski definition) is 0. The third-order valence-corrected chi connectivity index (χ3v) is 4.31. The second-order valence-corrected chi connectivity index (χ2v) is 5.59. The Morgan fingerprint density at radius 1 is 1.25 bits per heavy atom. The van der Waals surface area contributed by atoms with Gasteiger partial charge < -0.3 is 4.74 Å². The maximum Gasteiger partial charge on any atom is 0.218 e. The van der Waals surface area contributed by atoms with Gasteiger partial charge in [0.25, 0.3) is 0 Å². The predicted molar refractivity (Wildman–Crippen MR) is 59.3 cm³/mol.